The fraction of sp³-hybridized carbons (Fsp3) is 0.222. The molecule has 15 heavy (non-hydrogen) atoms. The van der Waals surface area contributed by atoms with Crippen LogP contribution in [-0.2, 0) is 7.05 Å². The lowest BCUT2D eigenvalue weighted by atomic mass is 10.2. The van der Waals surface area contributed by atoms with E-state index in [-0.39, 0.29) is 0 Å². The number of hydrogen-bond acceptors (Lipinski definition) is 4. The minimum absolute atomic E-state index is 0.573. The van der Waals surface area contributed by atoms with Crippen LogP contribution in [-0.4, -0.2) is 25.1 Å². The van der Waals surface area contributed by atoms with Crippen molar-refractivity contribution in [2.75, 3.05) is 0 Å². The second-order valence-corrected chi connectivity index (χ2v) is 4.00. The highest BCUT2D eigenvalue weighted by atomic mass is 79.9. The number of aromatic nitrogens is 4. The summed E-state index contributed by atoms with van der Waals surface area (Å²) in [5.41, 5.74) is 1.19. The normalized spacial score (nSPS) is 12.7. The molecule has 2 heterocycles. The van der Waals surface area contributed by atoms with Gasteiger partial charge in [-0.25, -0.2) is 4.68 Å². The Hall–Kier alpha value is -1.27. The zero-order valence-corrected chi connectivity index (χ0v) is 9.59. The molecular weight excluding hydrogens is 260 g/mol. The lowest BCUT2D eigenvalue weighted by molar-refractivity contribution is 0.205. The molecule has 0 bridgehead atoms. The summed E-state index contributed by atoms with van der Waals surface area (Å²) in [6.45, 7) is 0. The Balaban J connectivity index is 2.32. The van der Waals surface area contributed by atoms with Crippen LogP contribution < -0.4 is 0 Å². The van der Waals surface area contributed by atoms with E-state index in [1.165, 1.54) is 10.9 Å². The SMILES string of the molecule is Cn1nncc1C(O)c1ccc(Br)cn1. The van der Waals surface area contributed by atoms with Crippen LogP contribution in [0.4, 0.5) is 0 Å². The van der Waals surface area contributed by atoms with Crippen LogP contribution >= 0.6 is 15.9 Å². The number of rotatable bonds is 2. The maximum atomic E-state index is 9.97. The molecule has 6 heteroatoms. The summed E-state index contributed by atoms with van der Waals surface area (Å²) in [7, 11) is 1.73. The van der Waals surface area contributed by atoms with Crippen molar-refractivity contribution in [1.29, 1.82) is 0 Å². The minimum atomic E-state index is -0.793. The number of halogens is 1. The second kappa shape index (κ2) is 4.08. The third-order valence-corrected chi connectivity index (χ3v) is 2.53. The Morgan fingerprint density at radius 2 is 2.20 bits per heavy atom. The van der Waals surface area contributed by atoms with E-state index < -0.39 is 6.10 Å². The van der Waals surface area contributed by atoms with Crippen LogP contribution in [0.2, 0.25) is 0 Å². The van der Waals surface area contributed by atoms with Crippen molar-refractivity contribution in [3.05, 3.63) is 40.4 Å². The lowest BCUT2D eigenvalue weighted by Gasteiger charge is -2.09. The summed E-state index contributed by atoms with van der Waals surface area (Å²) in [5, 5.41) is 17.4. The molecule has 0 fully saturated rings. The van der Waals surface area contributed by atoms with Gasteiger partial charge in [-0.3, -0.25) is 4.98 Å². The number of pyridine rings is 1. The number of nitrogens with zero attached hydrogens (tertiary/aromatic N) is 4. The quantitative estimate of drug-likeness (QED) is 0.885. The maximum absolute atomic E-state index is 9.97. The van der Waals surface area contributed by atoms with E-state index in [0.717, 1.165) is 4.47 Å². The van der Waals surface area contributed by atoms with Gasteiger partial charge in [0.25, 0.3) is 0 Å². The predicted molar refractivity (Wildman–Crippen MR) is 57.0 cm³/mol. The average Bonchev–Trinajstić information content (AvgIpc) is 2.65. The zero-order chi connectivity index (χ0) is 10.8. The molecule has 0 radical (unpaired) electrons. The van der Waals surface area contributed by atoms with Crippen molar-refractivity contribution >= 4 is 15.9 Å². The average molecular weight is 269 g/mol. The van der Waals surface area contributed by atoms with E-state index in [1.807, 2.05) is 6.07 Å². The van der Waals surface area contributed by atoms with Gasteiger partial charge >= 0.3 is 0 Å². The van der Waals surface area contributed by atoms with E-state index in [2.05, 4.69) is 31.2 Å². The summed E-state index contributed by atoms with van der Waals surface area (Å²) >= 11 is 3.28. The highest BCUT2D eigenvalue weighted by Gasteiger charge is 2.15. The van der Waals surface area contributed by atoms with Gasteiger partial charge in [-0.2, -0.15) is 0 Å². The Morgan fingerprint density at radius 3 is 2.73 bits per heavy atom. The van der Waals surface area contributed by atoms with Gasteiger partial charge in [-0.05, 0) is 28.1 Å². The predicted octanol–water partition coefficient (Wildman–Crippen LogP) is 1.05. The van der Waals surface area contributed by atoms with Gasteiger partial charge in [0.1, 0.15) is 6.10 Å². The summed E-state index contributed by atoms with van der Waals surface area (Å²) in [6.07, 6.45) is 2.37. The first-order valence-electron chi connectivity index (χ1n) is 4.32. The van der Waals surface area contributed by atoms with E-state index >= 15 is 0 Å². The first-order chi connectivity index (χ1) is 7.18. The van der Waals surface area contributed by atoms with E-state index in [0.29, 0.717) is 11.4 Å². The molecule has 0 amide bonds. The van der Waals surface area contributed by atoms with Crippen LogP contribution in [0.25, 0.3) is 0 Å². The van der Waals surface area contributed by atoms with Gasteiger partial charge in [0.15, 0.2) is 0 Å². The fourth-order valence-electron chi connectivity index (χ4n) is 1.25. The van der Waals surface area contributed by atoms with Gasteiger partial charge in [0, 0.05) is 17.7 Å². The number of aliphatic hydroxyl groups is 1. The summed E-state index contributed by atoms with van der Waals surface area (Å²) in [6, 6.07) is 3.58. The summed E-state index contributed by atoms with van der Waals surface area (Å²) < 4.78 is 2.40. The maximum Gasteiger partial charge on any atom is 0.139 e. The van der Waals surface area contributed by atoms with Crippen molar-refractivity contribution < 1.29 is 5.11 Å². The second-order valence-electron chi connectivity index (χ2n) is 3.09. The number of hydrogen-bond donors (Lipinski definition) is 1. The molecule has 0 saturated carbocycles. The highest BCUT2D eigenvalue weighted by Crippen LogP contribution is 2.19. The van der Waals surface area contributed by atoms with Gasteiger partial charge in [-0.1, -0.05) is 5.21 Å². The molecule has 1 atom stereocenters. The molecule has 2 aromatic rings. The van der Waals surface area contributed by atoms with Gasteiger partial charge in [0.2, 0.25) is 0 Å². The van der Waals surface area contributed by atoms with Crippen LogP contribution in [0.15, 0.2) is 29.0 Å². The highest BCUT2D eigenvalue weighted by molar-refractivity contribution is 9.10. The molecule has 0 spiro atoms. The molecule has 1 N–H and O–H groups in total. The van der Waals surface area contributed by atoms with Crippen molar-refractivity contribution in [1.82, 2.24) is 20.0 Å². The number of aliphatic hydroxyl groups excluding tert-OH is 1. The Morgan fingerprint density at radius 1 is 1.40 bits per heavy atom. The third kappa shape index (κ3) is 2.05. The van der Waals surface area contributed by atoms with Gasteiger partial charge in [-0.15, -0.1) is 5.10 Å². The molecule has 1 unspecified atom stereocenters. The van der Waals surface area contributed by atoms with Crippen molar-refractivity contribution in [3.63, 3.8) is 0 Å². The molecule has 2 rings (SSSR count). The lowest BCUT2D eigenvalue weighted by Crippen LogP contribution is -2.07. The third-order valence-electron chi connectivity index (χ3n) is 2.06. The summed E-state index contributed by atoms with van der Waals surface area (Å²) in [4.78, 5) is 4.11. The van der Waals surface area contributed by atoms with Crippen LogP contribution in [0.1, 0.15) is 17.5 Å². The molecule has 0 aliphatic carbocycles. The van der Waals surface area contributed by atoms with E-state index in [9.17, 15) is 5.11 Å². The Bertz CT molecular complexity index is 453. The monoisotopic (exact) mass is 268 g/mol. The Kier molecular flexibility index (Phi) is 2.79. The zero-order valence-electron chi connectivity index (χ0n) is 8.00. The van der Waals surface area contributed by atoms with Gasteiger partial charge in [0.05, 0.1) is 17.6 Å². The Labute approximate surface area is 94.9 Å². The first-order valence-corrected chi connectivity index (χ1v) is 5.12. The van der Waals surface area contributed by atoms with Crippen LogP contribution in [0.5, 0.6) is 0 Å². The van der Waals surface area contributed by atoms with Crippen molar-refractivity contribution in [2.24, 2.45) is 7.05 Å². The molecule has 0 aliphatic heterocycles. The molecule has 0 saturated heterocycles. The molecule has 78 valence electrons. The molecule has 2 aromatic heterocycles. The van der Waals surface area contributed by atoms with Crippen molar-refractivity contribution in [2.45, 2.75) is 6.10 Å². The van der Waals surface area contributed by atoms with Crippen molar-refractivity contribution in [3.8, 4) is 0 Å². The van der Waals surface area contributed by atoms with E-state index in [1.54, 1.807) is 19.3 Å². The van der Waals surface area contributed by atoms with Gasteiger partial charge < -0.3 is 5.11 Å². The standard InChI is InChI=1S/C9H9BrN4O/c1-14-8(5-12-13-14)9(15)7-3-2-6(10)4-11-7/h2-5,9,15H,1H3. The van der Waals surface area contributed by atoms with E-state index in [4.69, 9.17) is 0 Å². The largest absolute Gasteiger partial charge is 0.380 e. The van der Waals surface area contributed by atoms with Crippen LogP contribution in [0, 0.1) is 0 Å². The fourth-order valence-corrected chi connectivity index (χ4v) is 1.48. The molecule has 0 aromatic carbocycles. The molecule has 0 aliphatic rings. The topological polar surface area (TPSA) is 63.8 Å². The molecule has 5 nitrogen and oxygen atoms in total. The number of aryl methyl sites for hydroxylation is 1. The first kappa shape index (κ1) is 10.3. The smallest absolute Gasteiger partial charge is 0.139 e. The summed E-state index contributed by atoms with van der Waals surface area (Å²) in [5.74, 6) is 0. The van der Waals surface area contributed by atoms with Crippen LogP contribution in [0.3, 0.4) is 0 Å². The molecular formula is C9H9BrN4O. The minimum Gasteiger partial charge on any atom is -0.380 e.